The maximum Gasteiger partial charge on any atom is 0.257 e. The molecule has 2 aliphatic rings. The summed E-state index contributed by atoms with van der Waals surface area (Å²) >= 11 is 0. The second-order valence-corrected chi connectivity index (χ2v) is 5.82. The van der Waals surface area contributed by atoms with Crippen LogP contribution in [-0.4, -0.2) is 60.1 Å². The van der Waals surface area contributed by atoms with Gasteiger partial charge in [0.15, 0.2) is 0 Å². The molecule has 1 unspecified atom stereocenters. The van der Waals surface area contributed by atoms with Gasteiger partial charge in [-0.3, -0.25) is 9.69 Å². The Morgan fingerprint density at radius 3 is 2.71 bits per heavy atom. The molecule has 0 bridgehead atoms. The van der Waals surface area contributed by atoms with E-state index in [1.165, 1.54) is 26.0 Å². The molecule has 2 fully saturated rings. The molecule has 0 saturated carbocycles. The van der Waals surface area contributed by atoms with Crippen LogP contribution in [-0.2, 0) is 0 Å². The number of hydrogen-bond donors (Lipinski definition) is 1. The predicted octanol–water partition coefficient (Wildman–Crippen LogP) is 1.71. The van der Waals surface area contributed by atoms with E-state index in [0.717, 1.165) is 32.6 Å². The molecule has 1 aromatic rings. The number of phenolic OH excluding ortho intramolecular Hbond substituents is 1. The molecular weight excluding hydrogens is 268 g/mol. The summed E-state index contributed by atoms with van der Waals surface area (Å²) in [6.45, 7) is 3.84. The zero-order valence-corrected chi connectivity index (χ0v) is 12.4. The molecule has 2 heterocycles. The second kappa shape index (κ2) is 5.93. The van der Waals surface area contributed by atoms with Crippen LogP contribution >= 0.6 is 0 Å². The van der Waals surface area contributed by atoms with E-state index >= 15 is 0 Å². The first kappa shape index (κ1) is 14.2. The van der Waals surface area contributed by atoms with E-state index in [-0.39, 0.29) is 11.7 Å². The molecule has 0 radical (unpaired) electrons. The lowest BCUT2D eigenvalue weighted by Crippen LogP contribution is -2.37. The summed E-state index contributed by atoms with van der Waals surface area (Å²) in [5, 5.41) is 9.99. The topological polar surface area (TPSA) is 53.0 Å². The van der Waals surface area contributed by atoms with Gasteiger partial charge in [-0.15, -0.1) is 0 Å². The number of likely N-dealkylation sites (tertiary alicyclic amines) is 2. The molecule has 0 spiro atoms. The highest BCUT2D eigenvalue weighted by Crippen LogP contribution is 2.27. The molecule has 2 saturated heterocycles. The van der Waals surface area contributed by atoms with Crippen LogP contribution in [0.2, 0.25) is 0 Å². The highest BCUT2D eigenvalue weighted by atomic mass is 16.5. The summed E-state index contributed by atoms with van der Waals surface area (Å²) in [7, 11) is 1.54. The van der Waals surface area contributed by atoms with Gasteiger partial charge in [-0.05, 0) is 44.5 Å². The monoisotopic (exact) mass is 290 g/mol. The number of hydrogen-bond acceptors (Lipinski definition) is 4. The molecule has 1 aromatic carbocycles. The number of carbonyl (C=O) groups is 1. The molecule has 5 nitrogen and oxygen atoms in total. The van der Waals surface area contributed by atoms with Crippen LogP contribution in [0.4, 0.5) is 0 Å². The van der Waals surface area contributed by atoms with Gasteiger partial charge < -0.3 is 14.7 Å². The number of methoxy groups -OCH3 is 1. The van der Waals surface area contributed by atoms with Crippen molar-refractivity contribution >= 4 is 5.91 Å². The van der Waals surface area contributed by atoms with Gasteiger partial charge in [0.2, 0.25) is 0 Å². The Balaban J connectivity index is 1.68. The minimum Gasteiger partial charge on any atom is -0.507 e. The van der Waals surface area contributed by atoms with Crippen molar-refractivity contribution in [2.24, 2.45) is 0 Å². The molecule has 1 amide bonds. The van der Waals surface area contributed by atoms with Crippen LogP contribution in [0.25, 0.3) is 0 Å². The van der Waals surface area contributed by atoms with Gasteiger partial charge in [0, 0.05) is 25.2 Å². The van der Waals surface area contributed by atoms with E-state index in [1.807, 2.05) is 4.90 Å². The Morgan fingerprint density at radius 1 is 1.29 bits per heavy atom. The lowest BCUT2D eigenvalue weighted by molar-refractivity contribution is 0.0777. The third-order valence-electron chi connectivity index (χ3n) is 4.54. The fourth-order valence-electron chi connectivity index (χ4n) is 3.32. The molecule has 1 atom stereocenters. The lowest BCUT2D eigenvalue weighted by Gasteiger charge is -2.23. The standard InChI is InChI=1S/C16H22N2O3/c1-21-13-4-5-14(15(19)10-13)16(20)18-9-6-12(11-18)17-7-2-3-8-17/h4-5,10,12,19H,2-3,6-9,11H2,1H3. The summed E-state index contributed by atoms with van der Waals surface area (Å²) in [6, 6.07) is 5.32. The lowest BCUT2D eigenvalue weighted by atomic mass is 10.1. The van der Waals surface area contributed by atoms with Gasteiger partial charge in [-0.1, -0.05) is 0 Å². The minimum absolute atomic E-state index is 0.0102. The fourth-order valence-corrected chi connectivity index (χ4v) is 3.32. The Morgan fingerprint density at radius 2 is 2.05 bits per heavy atom. The van der Waals surface area contributed by atoms with Gasteiger partial charge in [-0.2, -0.15) is 0 Å². The first-order valence-electron chi connectivity index (χ1n) is 7.59. The molecule has 0 aromatic heterocycles. The van der Waals surface area contributed by atoms with E-state index in [0.29, 0.717) is 17.4 Å². The van der Waals surface area contributed by atoms with Crippen LogP contribution in [0, 0.1) is 0 Å². The third kappa shape index (κ3) is 2.83. The SMILES string of the molecule is COc1ccc(C(=O)N2CCC(N3CCCC3)C2)c(O)c1. The van der Waals surface area contributed by atoms with Crippen LogP contribution in [0.1, 0.15) is 29.6 Å². The van der Waals surface area contributed by atoms with Crippen molar-refractivity contribution in [2.45, 2.75) is 25.3 Å². The van der Waals surface area contributed by atoms with Crippen molar-refractivity contribution in [2.75, 3.05) is 33.3 Å². The number of carbonyl (C=O) groups excluding carboxylic acids is 1. The predicted molar refractivity (Wildman–Crippen MR) is 79.8 cm³/mol. The zero-order chi connectivity index (χ0) is 14.8. The largest absolute Gasteiger partial charge is 0.507 e. The summed E-state index contributed by atoms with van der Waals surface area (Å²) < 4.78 is 5.05. The zero-order valence-electron chi connectivity index (χ0n) is 12.4. The maximum atomic E-state index is 12.5. The van der Waals surface area contributed by atoms with E-state index in [1.54, 1.807) is 12.1 Å². The highest BCUT2D eigenvalue weighted by molar-refractivity contribution is 5.97. The van der Waals surface area contributed by atoms with Gasteiger partial charge in [0.1, 0.15) is 11.5 Å². The second-order valence-electron chi connectivity index (χ2n) is 5.82. The van der Waals surface area contributed by atoms with Crippen LogP contribution in [0.5, 0.6) is 11.5 Å². The van der Waals surface area contributed by atoms with Gasteiger partial charge in [0.25, 0.3) is 5.91 Å². The quantitative estimate of drug-likeness (QED) is 0.921. The van der Waals surface area contributed by atoms with Gasteiger partial charge in [-0.25, -0.2) is 0 Å². The number of rotatable bonds is 3. The Bertz CT molecular complexity index is 526. The van der Waals surface area contributed by atoms with E-state index < -0.39 is 0 Å². The Labute approximate surface area is 125 Å². The normalized spacial score (nSPS) is 22.7. The number of phenols is 1. The summed E-state index contributed by atoms with van der Waals surface area (Å²) in [4.78, 5) is 16.9. The van der Waals surface area contributed by atoms with E-state index in [4.69, 9.17) is 4.74 Å². The molecule has 114 valence electrons. The molecular formula is C16H22N2O3. The van der Waals surface area contributed by atoms with Crippen molar-refractivity contribution in [3.63, 3.8) is 0 Å². The Kier molecular flexibility index (Phi) is 4.01. The highest BCUT2D eigenvalue weighted by Gasteiger charge is 2.32. The van der Waals surface area contributed by atoms with Crippen LogP contribution in [0.15, 0.2) is 18.2 Å². The fraction of sp³-hybridized carbons (Fsp3) is 0.562. The Hall–Kier alpha value is -1.75. The molecule has 1 N–H and O–H groups in total. The maximum absolute atomic E-state index is 12.5. The average molecular weight is 290 g/mol. The van der Waals surface area contributed by atoms with Gasteiger partial charge in [0.05, 0.1) is 12.7 Å². The number of benzene rings is 1. The van der Waals surface area contributed by atoms with Gasteiger partial charge >= 0.3 is 0 Å². The average Bonchev–Trinajstić information content (AvgIpc) is 3.17. The van der Waals surface area contributed by atoms with Crippen LogP contribution in [0.3, 0.4) is 0 Å². The van der Waals surface area contributed by atoms with Crippen molar-refractivity contribution in [1.82, 2.24) is 9.80 Å². The molecule has 21 heavy (non-hydrogen) atoms. The number of ether oxygens (including phenoxy) is 1. The number of amides is 1. The summed E-state index contributed by atoms with van der Waals surface area (Å²) in [5.41, 5.74) is 0.359. The van der Waals surface area contributed by atoms with Crippen molar-refractivity contribution in [1.29, 1.82) is 0 Å². The number of nitrogens with zero attached hydrogens (tertiary/aromatic N) is 2. The molecule has 0 aliphatic carbocycles. The van der Waals surface area contributed by atoms with Crippen molar-refractivity contribution in [3.05, 3.63) is 23.8 Å². The molecule has 3 rings (SSSR count). The number of aromatic hydroxyl groups is 1. The first-order valence-corrected chi connectivity index (χ1v) is 7.59. The van der Waals surface area contributed by atoms with Crippen molar-refractivity contribution in [3.8, 4) is 11.5 Å². The third-order valence-corrected chi connectivity index (χ3v) is 4.54. The molecule has 5 heteroatoms. The smallest absolute Gasteiger partial charge is 0.257 e. The van der Waals surface area contributed by atoms with E-state index in [2.05, 4.69) is 4.90 Å². The minimum atomic E-state index is -0.0862. The first-order chi connectivity index (χ1) is 10.2. The van der Waals surface area contributed by atoms with Crippen molar-refractivity contribution < 1.29 is 14.6 Å². The van der Waals surface area contributed by atoms with Crippen LogP contribution < -0.4 is 4.74 Å². The summed E-state index contributed by atoms with van der Waals surface area (Å²) in [6.07, 6.45) is 3.57. The summed E-state index contributed by atoms with van der Waals surface area (Å²) in [5.74, 6) is 0.459. The molecule has 2 aliphatic heterocycles. The van der Waals surface area contributed by atoms with E-state index in [9.17, 15) is 9.90 Å².